The number of hydrogen-bond donors (Lipinski definition) is 1. The van der Waals surface area contributed by atoms with E-state index in [0.717, 1.165) is 6.07 Å². The van der Waals surface area contributed by atoms with Crippen LogP contribution in [0.3, 0.4) is 0 Å². The van der Waals surface area contributed by atoms with Crippen molar-refractivity contribution in [1.29, 1.82) is 0 Å². The molecule has 0 fully saturated rings. The number of anilines is 2. The Bertz CT molecular complexity index is 1330. The monoisotopic (exact) mass is 466 g/mol. The van der Waals surface area contributed by atoms with Crippen molar-refractivity contribution in [2.24, 2.45) is 5.92 Å². The molecule has 7 nitrogen and oxygen atoms in total. The molecule has 0 unspecified atom stereocenters. The van der Waals surface area contributed by atoms with Gasteiger partial charge in [-0.25, -0.2) is 22.2 Å². The highest BCUT2D eigenvalue weighted by molar-refractivity contribution is 7.91. The van der Waals surface area contributed by atoms with Crippen molar-refractivity contribution < 1.29 is 18.6 Å². The second-order valence-corrected chi connectivity index (χ2v) is 10.5. The van der Waals surface area contributed by atoms with E-state index in [9.17, 15) is 22.0 Å². The van der Waals surface area contributed by atoms with Gasteiger partial charge in [-0.1, -0.05) is 13.8 Å². The van der Waals surface area contributed by atoms with Crippen molar-refractivity contribution in [3.8, 4) is 0 Å². The first kappa shape index (κ1) is 23.8. The van der Waals surface area contributed by atoms with Gasteiger partial charge >= 0.3 is 0 Å². The molecule has 0 atom stereocenters. The third-order valence-electron chi connectivity index (χ3n) is 4.91. The van der Waals surface area contributed by atoms with Gasteiger partial charge in [0.05, 0.1) is 16.2 Å². The number of benzene rings is 1. The van der Waals surface area contributed by atoms with E-state index in [0.29, 0.717) is 16.6 Å². The molecular weight excluding hydrogens is 438 g/mol. The lowest BCUT2D eigenvalue weighted by Gasteiger charge is -2.16. The third kappa shape index (κ3) is 4.79. The molecule has 0 amide bonds. The minimum atomic E-state index is -3.39. The first-order chi connectivity index (χ1) is 14.9. The zero-order chi connectivity index (χ0) is 23.8. The maximum absolute atomic E-state index is 13.3. The van der Waals surface area contributed by atoms with Crippen molar-refractivity contribution in [2.45, 2.75) is 52.0 Å². The molecule has 0 aliphatic carbocycles. The number of pyridine rings is 1. The van der Waals surface area contributed by atoms with Gasteiger partial charge in [-0.2, -0.15) is 4.98 Å². The Morgan fingerprint density at radius 1 is 1.16 bits per heavy atom. The molecule has 2 aromatic heterocycles. The average Bonchev–Trinajstić information content (AvgIpc) is 2.67. The van der Waals surface area contributed by atoms with Crippen molar-refractivity contribution in [3.05, 3.63) is 51.9 Å². The number of hydrogen-bond acceptors (Lipinski definition) is 6. The molecule has 0 spiro atoms. The number of alkyl halides is 2. The summed E-state index contributed by atoms with van der Waals surface area (Å²) in [7, 11) is -3.39. The summed E-state index contributed by atoms with van der Waals surface area (Å²) in [4.78, 5) is 21.3. The van der Waals surface area contributed by atoms with Gasteiger partial charge in [-0.3, -0.25) is 9.36 Å². The van der Waals surface area contributed by atoms with E-state index >= 15 is 0 Å². The highest BCUT2D eigenvalue weighted by atomic mass is 32.2. The van der Waals surface area contributed by atoms with Crippen LogP contribution in [0, 0.1) is 12.8 Å². The highest BCUT2D eigenvalue weighted by Crippen LogP contribution is 2.26. The molecule has 1 aromatic carbocycles. The molecule has 174 valence electrons. The molecule has 1 N–H and O–H groups in total. The Morgan fingerprint density at radius 3 is 2.41 bits per heavy atom. The summed E-state index contributed by atoms with van der Waals surface area (Å²) in [5.41, 5.74) is 0.122. The minimum Gasteiger partial charge on any atom is -0.324 e. The Morgan fingerprint density at radius 2 is 1.84 bits per heavy atom. The zero-order valence-corrected chi connectivity index (χ0v) is 19.4. The number of nitrogens with zero attached hydrogens (tertiary/aromatic N) is 3. The van der Waals surface area contributed by atoms with Crippen LogP contribution in [0.15, 0.2) is 40.2 Å². The van der Waals surface area contributed by atoms with Crippen LogP contribution in [-0.2, 0) is 9.84 Å². The standard InChI is InChI=1S/C22H26F2N4O3S.H2/c1-12(2)11-32(30,31)16-6-7-18(14(5)8-16)26-22-25-10-15-9-17(19(23)24)21(29)28(13(3)4)20(15)27-22;/h6-10,12-13,19H,11H2,1-5H3,(H,25,26,27);1H. The number of aromatic nitrogens is 3. The fourth-order valence-corrected chi connectivity index (χ4v) is 5.16. The molecule has 10 heteroatoms. The fourth-order valence-electron chi connectivity index (χ4n) is 3.46. The van der Waals surface area contributed by atoms with Crippen LogP contribution in [-0.4, -0.2) is 28.7 Å². The van der Waals surface area contributed by atoms with Crippen molar-refractivity contribution >= 4 is 32.5 Å². The van der Waals surface area contributed by atoms with Gasteiger partial charge in [0, 0.05) is 24.7 Å². The normalized spacial score (nSPS) is 12.3. The van der Waals surface area contributed by atoms with E-state index in [-0.39, 0.29) is 29.6 Å². The van der Waals surface area contributed by atoms with Crippen LogP contribution in [0.1, 0.15) is 52.7 Å². The van der Waals surface area contributed by atoms with Gasteiger partial charge in [-0.05, 0) is 56.5 Å². The summed E-state index contributed by atoms with van der Waals surface area (Å²) >= 11 is 0. The van der Waals surface area contributed by atoms with Crippen LogP contribution >= 0.6 is 0 Å². The van der Waals surface area contributed by atoms with Gasteiger partial charge in [-0.15, -0.1) is 0 Å². The first-order valence-electron chi connectivity index (χ1n) is 10.2. The average molecular weight is 467 g/mol. The lowest BCUT2D eigenvalue weighted by atomic mass is 10.2. The molecule has 2 heterocycles. The van der Waals surface area contributed by atoms with Gasteiger partial charge in [0.2, 0.25) is 5.95 Å². The lowest BCUT2D eigenvalue weighted by Crippen LogP contribution is -2.26. The van der Waals surface area contributed by atoms with Gasteiger partial charge in [0.15, 0.2) is 9.84 Å². The number of aryl methyl sites for hydroxylation is 1. The van der Waals surface area contributed by atoms with E-state index in [2.05, 4.69) is 15.3 Å². The Balaban J connectivity index is 0.00000385. The van der Waals surface area contributed by atoms with E-state index in [1.807, 2.05) is 13.8 Å². The third-order valence-corrected chi connectivity index (χ3v) is 6.99. The summed E-state index contributed by atoms with van der Waals surface area (Å²) in [6, 6.07) is 5.46. The number of nitrogens with one attached hydrogen (secondary N) is 1. The maximum atomic E-state index is 13.3. The van der Waals surface area contributed by atoms with E-state index in [4.69, 9.17) is 0 Å². The van der Waals surface area contributed by atoms with Gasteiger partial charge in [0.1, 0.15) is 5.65 Å². The summed E-state index contributed by atoms with van der Waals surface area (Å²) in [5.74, 6) is 0.227. The summed E-state index contributed by atoms with van der Waals surface area (Å²) in [6.45, 7) is 8.88. The Labute approximate surface area is 186 Å². The molecule has 32 heavy (non-hydrogen) atoms. The van der Waals surface area contributed by atoms with Crippen LogP contribution in [0.4, 0.5) is 20.4 Å². The Kier molecular flexibility index (Phi) is 6.64. The summed E-state index contributed by atoms with van der Waals surface area (Å²) in [5, 5.41) is 3.35. The molecule has 0 radical (unpaired) electrons. The number of sulfone groups is 1. The smallest absolute Gasteiger partial charge is 0.269 e. The van der Waals surface area contributed by atoms with E-state index in [1.165, 1.54) is 16.8 Å². The first-order valence-corrected chi connectivity index (χ1v) is 11.9. The van der Waals surface area contributed by atoms with Crippen LogP contribution in [0.5, 0.6) is 0 Å². The second kappa shape index (κ2) is 8.93. The molecule has 0 saturated heterocycles. The quantitative estimate of drug-likeness (QED) is 0.524. The number of rotatable bonds is 7. The van der Waals surface area contributed by atoms with Gasteiger partial charge < -0.3 is 5.32 Å². The van der Waals surface area contributed by atoms with Crippen molar-refractivity contribution in [3.63, 3.8) is 0 Å². The van der Waals surface area contributed by atoms with Crippen LogP contribution in [0.2, 0.25) is 0 Å². The maximum Gasteiger partial charge on any atom is 0.269 e. The molecule has 0 saturated carbocycles. The fraction of sp³-hybridized carbons (Fsp3) is 0.409. The molecule has 0 aliphatic rings. The predicted octanol–water partition coefficient (Wildman–Crippen LogP) is 5.04. The molecule has 0 aliphatic heterocycles. The molecule has 3 aromatic rings. The Hall–Kier alpha value is -2.88. The van der Waals surface area contributed by atoms with E-state index < -0.39 is 33.4 Å². The van der Waals surface area contributed by atoms with Crippen LogP contribution < -0.4 is 10.9 Å². The number of fused-ring (bicyclic) bond motifs is 1. The van der Waals surface area contributed by atoms with Crippen molar-refractivity contribution in [2.75, 3.05) is 11.1 Å². The largest absolute Gasteiger partial charge is 0.324 e. The predicted molar refractivity (Wildman–Crippen MR) is 123 cm³/mol. The summed E-state index contributed by atoms with van der Waals surface area (Å²) < 4.78 is 52.8. The second-order valence-electron chi connectivity index (χ2n) is 8.42. The topological polar surface area (TPSA) is 94.0 Å². The molecule has 3 rings (SSSR count). The van der Waals surface area contributed by atoms with Gasteiger partial charge in [0.25, 0.3) is 12.0 Å². The molecular formula is C22H28F2N4O3S. The summed E-state index contributed by atoms with van der Waals surface area (Å²) in [6.07, 6.45) is -1.52. The highest BCUT2D eigenvalue weighted by Gasteiger charge is 2.20. The molecule has 0 bridgehead atoms. The van der Waals surface area contributed by atoms with Crippen LogP contribution in [0.25, 0.3) is 11.0 Å². The number of halogens is 2. The van der Waals surface area contributed by atoms with Crippen molar-refractivity contribution in [1.82, 2.24) is 14.5 Å². The lowest BCUT2D eigenvalue weighted by molar-refractivity contribution is 0.149. The minimum absolute atomic E-state index is 0. The SMILES string of the molecule is Cc1cc(S(=O)(=O)CC(C)C)ccc1Nc1ncc2cc(C(F)F)c(=O)n(C(C)C)c2n1.[HH]. The zero-order valence-electron chi connectivity index (χ0n) is 18.6. The van der Waals surface area contributed by atoms with E-state index in [1.54, 1.807) is 32.9 Å².